The molecule has 0 bridgehead atoms. The van der Waals surface area contributed by atoms with Crippen molar-refractivity contribution in [2.45, 2.75) is 12.6 Å². The van der Waals surface area contributed by atoms with Crippen molar-refractivity contribution < 1.29 is 22.6 Å². The van der Waals surface area contributed by atoms with Crippen molar-refractivity contribution in [1.82, 2.24) is 15.3 Å². The van der Waals surface area contributed by atoms with Crippen LogP contribution in [0.2, 0.25) is 0 Å². The summed E-state index contributed by atoms with van der Waals surface area (Å²) in [4.78, 5) is 11.0. The van der Waals surface area contributed by atoms with Gasteiger partial charge in [-0.15, -0.1) is 0 Å². The Hall–Kier alpha value is -2.07. The summed E-state index contributed by atoms with van der Waals surface area (Å²) in [5.41, 5.74) is 1.08. The van der Waals surface area contributed by atoms with E-state index in [1.54, 1.807) is 6.08 Å². The quantitative estimate of drug-likeness (QED) is 0.714. The van der Waals surface area contributed by atoms with E-state index in [-0.39, 0.29) is 22.7 Å². The van der Waals surface area contributed by atoms with E-state index < -0.39 is 12.8 Å². The molecule has 29 heavy (non-hydrogen) atoms. The molecule has 0 unspecified atom stereocenters. The van der Waals surface area contributed by atoms with Crippen molar-refractivity contribution >= 4 is 38.7 Å². The van der Waals surface area contributed by atoms with Crippen LogP contribution in [0.25, 0.3) is 17.0 Å². The standard InChI is InChI=1S/C19H20BrF3N4O2/c1-3-11-6-12-14(15(13(11)20)29-10-19(21,22)23)25-17(28-2)26-16(12)27-5-4-18(9-27)7-24-8-18/h3,6,24H,1,4-5,7-10H2,2H3. The second-order valence-corrected chi connectivity index (χ2v) is 8.22. The highest BCUT2D eigenvalue weighted by molar-refractivity contribution is 9.10. The first-order valence-corrected chi connectivity index (χ1v) is 9.90. The molecule has 4 rings (SSSR count). The third-order valence-corrected chi connectivity index (χ3v) is 6.21. The van der Waals surface area contributed by atoms with E-state index in [1.807, 2.05) is 6.07 Å². The van der Waals surface area contributed by atoms with Crippen LogP contribution in [0.15, 0.2) is 17.1 Å². The van der Waals surface area contributed by atoms with Gasteiger partial charge in [0.25, 0.3) is 0 Å². The molecule has 1 N–H and O–H groups in total. The maximum Gasteiger partial charge on any atom is 0.422 e. The number of nitrogens with one attached hydrogen (secondary N) is 1. The van der Waals surface area contributed by atoms with E-state index in [0.29, 0.717) is 21.2 Å². The molecular weight excluding hydrogens is 453 g/mol. The van der Waals surface area contributed by atoms with Crippen molar-refractivity contribution in [1.29, 1.82) is 0 Å². The number of benzene rings is 1. The molecule has 2 aliphatic rings. The van der Waals surface area contributed by atoms with E-state index >= 15 is 0 Å². The predicted octanol–water partition coefficient (Wildman–Crippen LogP) is 3.78. The summed E-state index contributed by atoms with van der Waals surface area (Å²) >= 11 is 3.34. The summed E-state index contributed by atoms with van der Waals surface area (Å²) in [5.74, 6) is 0.624. The van der Waals surface area contributed by atoms with Crippen LogP contribution in [-0.2, 0) is 0 Å². The van der Waals surface area contributed by atoms with Crippen LogP contribution in [0.3, 0.4) is 0 Å². The molecule has 0 atom stereocenters. The summed E-state index contributed by atoms with van der Waals surface area (Å²) in [5, 5.41) is 3.91. The van der Waals surface area contributed by atoms with Crippen LogP contribution in [0.4, 0.5) is 19.0 Å². The van der Waals surface area contributed by atoms with Gasteiger partial charge in [0.05, 0.1) is 11.6 Å². The summed E-state index contributed by atoms with van der Waals surface area (Å²) in [6.07, 6.45) is -1.90. The van der Waals surface area contributed by atoms with E-state index in [0.717, 1.165) is 32.6 Å². The molecule has 1 spiro atoms. The van der Waals surface area contributed by atoms with Crippen molar-refractivity contribution in [2.75, 3.05) is 44.8 Å². The van der Waals surface area contributed by atoms with Crippen molar-refractivity contribution in [3.05, 3.63) is 22.7 Å². The summed E-state index contributed by atoms with van der Waals surface area (Å²) < 4.78 is 49.2. The van der Waals surface area contributed by atoms with Crippen LogP contribution in [0.1, 0.15) is 12.0 Å². The minimum Gasteiger partial charge on any atom is -0.481 e. The minimum absolute atomic E-state index is 0.00380. The SMILES string of the molecule is C=Cc1cc2c(N3CCC4(CNC4)C3)nc(OC)nc2c(OCC(F)(F)F)c1Br. The Bertz CT molecular complexity index is 963. The number of alkyl halides is 3. The molecule has 2 saturated heterocycles. The highest BCUT2D eigenvalue weighted by Crippen LogP contribution is 2.43. The van der Waals surface area contributed by atoms with Gasteiger partial charge in [-0.1, -0.05) is 12.7 Å². The number of aromatic nitrogens is 2. The summed E-state index contributed by atoms with van der Waals surface area (Å²) in [6, 6.07) is 1.89. The Morgan fingerprint density at radius 1 is 1.38 bits per heavy atom. The predicted molar refractivity (Wildman–Crippen MR) is 108 cm³/mol. The van der Waals surface area contributed by atoms with E-state index in [4.69, 9.17) is 9.47 Å². The molecular formula is C19H20BrF3N4O2. The molecule has 156 valence electrons. The van der Waals surface area contributed by atoms with Gasteiger partial charge < -0.3 is 19.7 Å². The number of fused-ring (bicyclic) bond motifs is 1. The zero-order chi connectivity index (χ0) is 20.8. The molecule has 10 heteroatoms. The Labute approximate surface area is 174 Å². The second-order valence-electron chi connectivity index (χ2n) is 7.42. The van der Waals surface area contributed by atoms with Crippen LogP contribution in [0, 0.1) is 5.41 Å². The molecule has 2 aromatic rings. The van der Waals surface area contributed by atoms with Crippen LogP contribution in [-0.4, -0.2) is 56.0 Å². The first kappa shape index (κ1) is 20.2. The lowest BCUT2D eigenvalue weighted by Gasteiger charge is -2.39. The Balaban J connectivity index is 1.86. The van der Waals surface area contributed by atoms with Gasteiger partial charge in [-0.3, -0.25) is 0 Å². The molecule has 0 radical (unpaired) electrons. The van der Waals surface area contributed by atoms with Crippen molar-refractivity contribution in [3.63, 3.8) is 0 Å². The Kier molecular flexibility index (Phi) is 5.10. The number of hydrogen-bond donors (Lipinski definition) is 1. The molecule has 0 aliphatic carbocycles. The molecule has 2 aliphatic heterocycles. The fourth-order valence-electron chi connectivity index (χ4n) is 3.85. The first-order chi connectivity index (χ1) is 13.8. The van der Waals surface area contributed by atoms with Gasteiger partial charge in [0.15, 0.2) is 12.4 Å². The normalized spacial score (nSPS) is 18.2. The lowest BCUT2D eigenvalue weighted by Crippen LogP contribution is -2.54. The van der Waals surface area contributed by atoms with Crippen LogP contribution in [0.5, 0.6) is 11.8 Å². The van der Waals surface area contributed by atoms with Gasteiger partial charge in [0, 0.05) is 37.0 Å². The fourth-order valence-corrected chi connectivity index (χ4v) is 4.43. The number of methoxy groups -OCH3 is 1. The monoisotopic (exact) mass is 472 g/mol. The van der Waals surface area contributed by atoms with E-state index in [9.17, 15) is 13.2 Å². The molecule has 0 amide bonds. The summed E-state index contributed by atoms with van der Waals surface area (Å²) in [7, 11) is 1.43. The number of rotatable bonds is 5. The lowest BCUT2D eigenvalue weighted by molar-refractivity contribution is -0.153. The minimum atomic E-state index is -4.48. The van der Waals surface area contributed by atoms with Crippen molar-refractivity contribution in [2.24, 2.45) is 5.41 Å². The number of nitrogens with zero attached hydrogens (tertiary/aromatic N) is 3. The van der Waals surface area contributed by atoms with Gasteiger partial charge in [0.1, 0.15) is 11.3 Å². The molecule has 1 aromatic carbocycles. The average molecular weight is 473 g/mol. The number of anilines is 1. The third kappa shape index (κ3) is 3.75. The number of halogens is 4. The second kappa shape index (κ2) is 7.32. The Morgan fingerprint density at radius 2 is 2.14 bits per heavy atom. The number of hydrogen-bond acceptors (Lipinski definition) is 6. The zero-order valence-electron chi connectivity index (χ0n) is 15.8. The van der Waals surface area contributed by atoms with Crippen molar-refractivity contribution in [3.8, 4) is 11.8 Å². The molecule has 0 saturated carbocycles. The summed E-state index contributed by atoms with van der Waals surface area (Å²) in [6.45, 7) is 5.85. The Morgan fingerprint density at radius 3 is 2.69 bits per heavy atom. The highest BCUT2D eigenvalue weighted by atomic mass is 79.9. The van der Waals surface area contributed by atoms with E-state index in [2.05, 4.69) is 42.7 Å². The molecule has 3 heterocycles. The maximum absolute atomic E-state index is 12.8. The third-order valence-electron chi connectivity index (χ3n) is 5.39. The van der Waals surface area contributed by atoms with Gasteiger partial charge in [-0.05, 0) is 34.0 Å². The van der Waals surface area contributed by atoms with Crippen LogP contribution < -0.4 is 19.7 Å². The van der Waals surface area contributed by atoms with E-state index in [1.165, 1.54) is 7.11 Å². The maximum atomic E-state index is 12.8. The lowest BCUT2D eigenvalue weighted by atomic mass is 9.81. The van der Waals surface area contributed by atoms with Gasteiger partial charge in [-0.25, -0.2) is 0 Å². The largest absolute Gasteiger partial charge is 0.481 e. The van der Waals surface area contributed by atoms with Gasteiger partial charge in [0.2, 0.25) is 0 Å². The van der Waals surface area contributed by atoms with Gasteiger partial charge >= 0.3 is 12.2 Å². The zero-order valence-corrected chi connectivity index (χ0v) is 17.4. The fraction of sp³-hybridized carbons (Fsp3) is 0.474. The average Bonchev–Trinajstić information content (AvgIpc) is 3.11. The van der Waals surface area contributed by atoms with Crippen LogP contribution >= 0.6 is 15.9 Å². The smallest absolute Gasteiger partial charge is 0.422 e. The van der Waals surface area contributed by atoms with Gasteiger partial charge in [-0.2, -0.15) is 23.1 Å². The topological polar surface area (TPSA) is 59.5 Å². The molecule has 6 nitrogen and oxygen atoms in total. The highest BCUT2D eigenvalue weighted by Gasteiger charge is 2.44. The first-order valence-electron chi connectivity index (χ1n) is 9.11. The molecule has 1 aromatic heterocycles. The molecule has 2 fully saturated rings. The number of ether oxygens (including phenoxy) is 2.